The molecule has 0 saturated carbocycles. The van der Waals surface area contributed by atoms with Gasteiger partial charge in [-0.3, -0.25) is 4.57 Å². The number of hydrogen-bond donors (Lipinski definition) is 0. The van der Waals surface area contributed by atoms with E-state index >= 15 is 0 Å². The van der Waals surface area contributed by atoms with Crippen LogP contribution < -0.4 is 4.74 Å². The molecule has 0 fully saturated rings. The van der Waals surface area contributed by atoms with Crippen molar-refractivity contribution in [2.45, 2.75) is 5.16 Å². The average Bonchev–Trinajstić information content (AvgIpc) is 3.06. The summed E-state index contributed by atoms with van der Waals surface area (Å²) in [5.41, 5.74) is 2.03. The van der Waals surface area contributed by atoms with Gasteiger partial charge in [0.05, 0.1) is 13.7 Å². The molecule has 0 aliphatic rings. The molecule has 0 aliphatic carbocycles. The van der Waals surface area contributed by atoms with Gasteiger partial charge < -0.3 is 9.47 Å². The second-order valence-corrected chi connectivity index (χ2v) is 6.11. The van der Waals surface area contributed by atoms with Gasteiger partial charge in [0.2, 0.25) is 0 Å². The summed E-state index contributed by atoms with van der Waals surface area (Å²) < 4.78 is 12.4. The third kappa shape index (κ3) is 3.60. The van der Waals surface area contributed by atoms with E-state index in [2.05, 4.69) is 26.9 Å². The zero-order valence-electron chi connectivity index (χ0n) is 13.7. The standard InChI is InChI=1S/C18H19N3O2S/c1-22-12-13-24-18-20-19-17(14-8-10-16(23-2)11-9-14)21(18)15-6-4-3-5-7-15/h3-11H,12-13H2,1-2H3. The van der Waals surface area contributed by atoms with E-state index in [1.807, 2.05) is 42.5 Å². The maximum absolute atomic E-state index is 5.23. The molecule has 3 aromatic rings. The van der Waals surface area contributed by atoms with Crippen LogP contribution in [0.1, 0.15) is 0 Å². The largest absolute Gasteiger partial charge is 0.497 e. The van der Waals surface area contributed by atoms with Crippen LogP contribution in [-0.4, -0.2) is 41.3 Å². The van der Waals surface area contributed by atoms with E-state index in [9.17, 15) is 0 Å². The molecule has 5 nitrogen and oxygen atoms in total. The van der Waals surface area contributed by atoms with Crippen molar-refractivity contribution >= 4 is 11.8 Å². The van der Waals surface area contributed by atoms with Crippen molar-refractivity contribution in [2.24, 2.45) is 0 Å². The van der Waals surface area contributed by atoms with Gasteiger partial charge >= 0.3 is 0 Å². The van der Waals surface area contributed by atoms with E-state index < -0.39 is 0 Å². The SMILES string of the molecule is COCCSc1nnc(-c2ccc(OC)cc2)n1-c1ccccc1. The van der Waals surface area contributed by atoms with Crippen molar-refractivity contribution in [3.8, 4) is 22.8 Å². The van der Waals surface area contributed by atoms with Gasteiger partial charge in [-0.05, 0) is 36.4 Å². The number of benzene rings is 2. The summed E-state index contributed by atoms with van der Waals surface area (Å²) in [7, 11) is 3.36. The minimum absolute atomic E-state index is 0.671. The third-order valence-electron chi connectivity index (χ3n) is 3.51. The van der Waals surface area contributed by atoms with E-state index in [1.165, 1.54) is 0 Å². The van der Waals surface area contributed by atoms with Crippen molar-refractivity contribution in [3.05, 3.63) is 54.6 Å². The second kappa shape index (κ2) is 7.99. The van der Waals surface area contributed by atoms with Gasteiger partial charge in [-0.2, -0.15) is 0 Å². The highest BCUT2D eigenvalue weighted by Crippen LogP contribution is 2.28. The highest BCUT2D eigenvalue weighted by Gasteiger charge is 2.15. The lowest BCUT2D eigenvalue weighted by atomic mass is 10.2. The summed E-state index contributed by atoms with van der Waals surface area (Å²) in [6.45, 7) is 0.671. The second-order valence-electron chi connectivity index (χ2n) is 5.05. The molecule has 124 valence electrons. The quantitative estimate of drug-likeness (QED) is 0.485. The van der Waals surface area contributed by atoms with Crippen LogP contribution in [0.15, 0.2) is 59.8 Å². The van der Waals surface area contributed by atoms with Crippen LogP contribution in [0.2, 0.25) is 0 Å². The van der Waals surface area contributed by atoms with Gasteiger partial charge in [-0.1, -0.05) is 30.0 Å². The van der Waals surface area contributed by atoms with Crippen molar-refractivity contribution in [1.29, 1.82) is 0 Å². The summed E-state index contributed by atoms with van der Waals surface area (Å²) in [5, 5.41) is 9.63. The molecule has 6 heteroatoms. The molecule has 0 bridgehead atoms. The zero-order chi connectivity index (χ0) is 16.8. The van der Waals surface area contributed by atoms with E-state index in [-0.39, 0.29) is 0 Å². The third-order valence-corrected chi connectivity index (χ3v) is 4.41. The number of nitrogens with zero attached hydrogens (tertiary/aromatic N) is 3. The Kier molecular flexibility index (Phi) is 5.51. The van der Waals surface area contributed by atoms with Crippen molar-refractivity contribution in [2.75, 3.05) is 26.6 Å². The fraction of sp³-hybridized carbons (Fsp3) is 0.222. The lowest BCUT2D eigenvalue weighted by molar-refractivity contribution is 0.218. The van der Waals surface area contributed by atoms with Crippen molar-refractivity contribution < 1.29 is 9.47 Å². The van der Waals surface area contributed by atoms with Crippen molar-refractivity contribution in [3.63, 3.8) is 0 Å². The van der Waals surface area contributed by atoms with Crippen LogP contribution in [0.4, 0.5) is 0 Å². The van der Waals surface area contributed by atoms with Crippen LogP contribution in [0.25, 0.3) is 17.1 Å². The van der Waals surface area contributed by atoms with Gasteiger partial charge in [0, 0.05) is 24.1 Å². The molecular formula is C18H19N3O2S. The molecular weight excluding hydrogens is 322 g/mol. The molecule has 0 amide bonds. The Morgan fingerprint density at radius 3 is 2.38 bits per heavy atom. The number of para-hydroxylation sites is 1. The molecule has 0 N–H and O–H groups in total. The first-order chi connectivity index (χ1) is 11.8. The molecule has 0 saturated heterocycles. The first-order valence-corrected chi connectivity index (χ1v) is 8.59. The molecule has 0 radical (unpaired) electrons. The minimum Gasteiger partial charge on any atom is -0.497 e. The van der Waals surface area contributed by atoms with E-state index in [4.69, 9.17) is 9.47 Å². The Morgan fingerprint density at radius 1 is 0.958 bits per heavy atom. The zero-order valence-corrected chi connectivity index (χ0v) is 14.5. The van der Waals surface area contributed by atoms with E-state index in [0.29, 0.717) is 6.61 Å². The molecule has 1 heterocycles. The molecule has 3 rings (SSSR count). The van der Waals surface area contributed by atoms with E-state index in [1.54, 1.807) is 26.0 Å². The monoisotopic (exact) mass is 341 g/mol. The van der Waals surface area contributed by atoms with Gasteiger partial charge in [0.15, 0.2) is 11.0 Å². The molecule has 2 aromatic carbocycles. The lowest BCUT2D eigenvalue weighted by Crippen LogP contribution is -2.01. The van der Waals surface area contributed by atoms with E-state index in [0.717, 1.165) is 33.7 Å². The van der Waals surface area contributed by atoms with Crippen LogP contribution in [0.3, 0.4) is 0 Å². The summed E-state index contributed by atoms with van der Waals surface area (Å²) in [6.07, 6.45) is 0. The maximum Gasteiger partial charge on any atom is 0.196 e. The first-order valence-electron chi connectivity index (χ1n) is 7.60. The number of methoxy groups -OCH3 is 2. The Bertz CT molecular complexity index is 773. The van der Waals surface area contributed by atoms with Gasteiger partial charge in [-0.15, -0.1) is 10.2 Å². The molecule has 0 spiro atoms. The molecule has 0 unspecified atom stereocenters. The number of ether oxygens (including phenoxy) is 2. The van der Waals surface area contributed by atoms with Gasteiger partial charge in [0.25, 0.3) is 0 Å². The van der Waals surface area contributed by atoms with Crippen LogP contribution in [0.5, 0.6) is 5.75 Å². The van der Waals surface area contributed by atoms with Gasteiger partial charge in [-0.25, -0.2) is 0 Å². The topological polar surface area (TPSA) is 49.2 Å². The first kappa shape index (κ1) is 16.5. The maximum atomic E-state index is 5.23. The van der Waals surface area contributed by atoms with Crippen LogP contribution >= 0.6 is 11.8 Å². The predicted octanol–water partition coefficient (Wildman–Crippen LogP) is 3.68. The number of aromatic nitrogens is 3. The van der Waals surface area contributed by atoms with Crippen LogP contribution in [0, 0.1) is 0 Å². The summed E-state index contributed by atoms with van der Waals surface area (Å²) in [4.78, 5) is 0. The molecule has 1 aromatic heterocycles. The van der Waals surface area contributed by atoms with Crippen molar-refractivity contribution in [1.82, 2.24) is 14.8 Å². The summed E-state index contributed by atoms with van der Waals surface area (Å²) in [5.74, 6) is 2.45. The molecule has 24 heavy (non-hydrogen) atoms. The summed E-state index contributed by atoms with van der Waals surface area (Å²) >= 11 is 1.63. The highest BCUT2D eigenvalue weighted by atomic mass is 32.2. The predicted molar refractivity (Wildman–Crippen MR) is 95.9 cm³/mol. The summed E-state index contributed by atoms with van der Waals surface area (Å²) in [6, 6.07) is 18.0. The minimum atomic E-state index is 0.671. The smallest absolute Gasteiger partial charge is 0.196 e. The molecule has 0 aliphatic heterocycles. The number of hydrogen-bond acceptors (Lipinski definition) is 5. The fourth-order valence-electron chi connectivity index (χ4n) is 2.32. The van der Waals surface area contributed by atoms with Gasteiger partial charge in [0.1, 0.15) is 5.75 Å². The Hall–Kier alpha value is -2.31. The number of rotatable bonds is 7. The fourth-order valence-corrected chi connectivity index (χ4v) is 3.17. The highest BCUT2D eigenvalue weighted by molar-refractivity contribution is 7.99. The average molecular weight is 341 g/mol. The Labute approximate surface area is 145 Å². The number of thioether (sulfide) groups is 1. The Morgan fingerprint density at radius 2 is 1.71 bits per heavy atom. The molecule has 0 atom stereocenters. The van der Waals surface area contributed by atoms with Crippen LogP contribution in [-0.2, 0) is 4.74 Å². The normalized spacial score (nSPS) is 10.8. The Balaban J connectivity index is 2.01. The lowest BCUT2D eigenvalue weighted by Gasteiger charge is -2.10.